The molecule has 98 valence electrons. The van der Waals surface area contributed by atoms with Gasteiger partial charge in [0.15, 0.2) is 0 Å². The first kappa shape index (κ1) is 11.7. The van der Waals surface area contributed by atoms with Gasteiger partial charge in [0.05, 0.1) is 12.1 Å². The second-order valence-corrected chi connectivity index (χ2v) is 4.75. The second kappa shape index (κ2) is 4.08. The molecule has 0 aliphatic carbocycles. The number of fused-ring (bicyclic) bond motifs is 1. The van der Waals surface area contributed by atoms with Crippen molar-refractivity contribution in [3.8, 4) is 0 Å². The highest BCUT2D eigenvalue weighted by atomic mass is 16.2. The number of nitrogens with two attached hydrogens (primary N) is 1. The molecule has 2 aliphatic heterocycles. The van der Waals surface area contributed by atoms with E-state index in [1.807, 2.05) is 0 Å². The number of hydrogen-bond donors (Lipinski definition) is 2. The van der Waals surface area contributed by atoms with E-state index in [2.05, 4.69) is 5.32 Å². The maximum absolute atomic E-state index is 12.1. The fraction of sp³-hybridized carbons (Fsp3) is 0.308. The zero-order valence-electron chi connectivity index (χ0n) is 10.2. The fourth-order valence-corrected chi connectivity index (χ4v) is 2.65. The van der Waals surface area contributed by atoms with Crippen LogP contribution in [0.3, 0.4) is 0 Å². The topological polar surface area (TPSA) is 92.5 Å². The lowest BCUT2D eigenvalue weighted by Gasteiger charge is -2.30. The number of carbonyl (C=O) groups excluding carboxylic acids is 3. The summed E-state index contributed by atoms with van der Waals surface area (Å²) in [6.07, 6.45) is 0.808. The van der Waals surface area contributed by atoms with Gasteiger partial charge in [-0.1, -0.05) is 6.07 Å². The van der Waals surface area contributed by atoms with E-state index in [9.17, 15) is 14.4 Å². The summed E-state index contributed by atoms with van der Waals surface area (Å²) in [4.78, 5) is 36.6. The van der Waals surface area contributed by atoms with Crippen molar-refractivity contribution in [1.29, 1.82) is 0 Å². The molecule has 3 rings (SSSR count). The molecule has 2 aliphatic rings. The smallest absolute Gasteiger partial charge is 0.249 e. The fourth-order valence-electron chi connectivity index (χ4n) is 2.65. The molecule has 0 radical (unpaired) electrons. The van der Waals surface area contributed by atoms with E-state index < -0.39 is 11.9 Å². The third-order valence-corrected chi connectivity index (χ3v) is 3.57. The van der Waals surface area contributed by atoms with Crippen molar-refractivity contribution >= 4 is 29.1 Å². The molecule has 6 nitrogen and oxygen atoms in total. The van der Waals surface area contributed by atoms with Crippen molar-refractivity contribution in [1.82, 2.24) is 5.32 Å². The summed E-state index contributed by atoms with van der Waals surface area (Å²) in [5, 5.41) is 2.27. The van der Waals surface area contributed by atoms with Crippen molar-refractivity contribution in [2.45, 2.75) is 25.3 Å². The lowest BCUT2D eigenvalue weighted by molar-refractivity contribution is -0.135. The number of nitrogens with one attached hydrogen (secondary N) is 1. The van der Waals surface area contributed by atoms with Crippen LogP contribution in [0.2, 0.25) is 0 Å². The number of anilines is 2. The van der Waals surface area contributed by atoms with E-state index in [1.54, 1.807) is 18.2 Å². The van der Waals surface area contributed by atoms with Gasteiger partial charge < -0.3 is 5.73 Å². The molecule has 6 heteroatoms. The molecule has 0 aromatic heterocycles. The molecule has 0 spiro atoms. The van der Waals surface area contributed by atoms with Crippen LogP contribution in [-0.4, -0.2) is 23.8 Å². The van der Waals surface area contributed by atoms with Gasteiger partial charge in [-0.3, -0.25) is 24.6 Å². The quantitative estimate of drug-likeness (QED) is 0.547. The lowest BCUT2D eigenvalue weighted by atomic mass is 10.0. The summed E-state index contributed by atoms with van der Waals surface area (Å²) in [5.74, 6) is -0.858. The van der Waals surface area contributed by atoms with E-state index in [0.29, 0.717) is 17.8 Å². The average Bonchev–Trinajstić information content (AvgIpc) is 2.68. The van der Waals surface area contributed by atoms with Crippen LogP contribution >= 0.6 is 0 Å². The van der Waals surface area contributed by atoms with Gasteiger partial charge in [-0.2, -0.15) is 0 Å². The van der Waals surface area contributed by atoms with Crippen LogP contribution in [0, 0.1) is 0 Å². The Labute approximate surface area is 109 Å². The van der Waals surface area contributed by atoms with Crippen molar-refractivity contribution < 1.29 is 14.4 Å². The van der Waals surface area contributed by atoms with Crippen LogP contribution in [0.1, 0.15) is 18.4 Å². The highest BCUT2D eigenvalue weighted by molar-refractivity contribution is 6.11. The number of amides is 3. The zero-order valence-corrected chi connectivity index (χ0v) is 10.2. The highest BCUT2D eigenvalue weighted by Gasteiger charge is 2.39. The Bertz CT molecular complexity index is 597. The van der Waals surface area contributed by atoms with Gasteiger partial charge in [0.2, 0.25) is 17.7 Å². The molecule has 1 saturated heterocycles. The minimum Gasteiger partial charge on any atom is -0.398 e. The van der Waals surface area contributed by atoms with E-state index in [1.165, 1.54) is 4.90 Å². The van der Waals surface area contributed by atoms with Gasteiger partial charge >= 0.3 is 0 Å². The molecule has 1 aromatic carbocycles. The Morgan fingerprint density at radius 2 is 2.05 bits per heavy atom. The Morgan fingerprint density at radius 1 is 1.26 bits per heavy atom. The van der Waals surface area contributed by atoms with Crippen LogP contribution in [0.25, 0.3) is 0 Å². The molecular weight excluding hydrogens is 246 g/mol. The van der Waals surface area contributed by atoms with Gasteiger partial charge in [-0.25, -0.2) is 0 Å². The molecule has 0 bridgehead atoms. The number of benzene rings is 1. The van der Waals surface area contributed by atoms with Crippen LogP contribution in [0.15, 0.2) is 18.2 Å². The number of hydrogen-bond acceptors (Lipinski definition) is 4. The number of nitrogens with zero attached hydrogens (tertiary/aromatic N) is 1. The second-order valence-electron chi connectivity index (χ2n) is 4.75. The van der Waals surface area contributed by atoms with Crippen molar-refractivity contribution in [3.05, 3.63) is 23.8 Å². The maximum atomic E-state index is 12.1. The van der Waals surface area contributed by atoms with Gasteiger partial charge in [-0.05, 0) is 18.6 Å². The van der Waals surface area contributed by atoms with E-state index in [4.69, 9.17) is 5.73 Å². The van der Waals surface area contributed by atoms with Gasteiger partial charge in [0, 0.05) is 17.7 Å². The van der Waals surface area contributed by atoms with Crippen molar-refractivity contribution in [3.63, 3.8) is 0 Å². The summed E-state index contributed by atoms with van der Waals surface area (Å²) < 4.78 is 0. The lowest BCUT2D eigenvalue weighted by Crippen LogP contribution is -2.53. The summed E-state index contributed by atoms with van der Waals surface area (Å²) in [7, 11) is 0. The van der Waals surface area contributed by atoms with E-state index >= 15 is 0 Å². The predicted molar refractivity (Wildman–Crippen MR) is 68.2 cm³/mol. The van der Waals surface area contributed by atoms with Crippen LogP contribution in [0.4, 0.5) is 11.4 Å². The molecule has 1 unspecified atom stereocenters. The Balaban J connectivity index is 1.98. The number of imide groups is 1. The molecule has 19 heavy (non-hydrogen) atoms. The van der Waals surface area contributed by atoms with E-state index in [0.717, 1.165) is 5.56 Å². The normalized spacial score (nSPS) is 22.4. The molecule has 1 fully saturated rings. The number of nitrogen functional groups attached to an aromatic ring is 1. The average molecular weight is 259 g/mol. The zero-order chi connectivity index (χ0) is 13.6. The standard InChI is InChI=1S/C13H13N3O3/c14-8-2-1-3-9-7(8)6-12(18)16(9)10-4-5-11(17)15-13(10)19/h1-3,10H,4-6,14H2,(H,15,17,19). The molecular formula is C13H13N3O3. The SMILES string of the molecule is Nc1cccc2c1CC(=O)N2C1CCC(=O)NC1=O. The third kappa shape index (κ3) is 1.76. The monoisotopic (exact) mass is 259 g/mol. The highest BCUT2D eigenvalue weighted by Crippen LogP contribution is 2.35. The Hall–Kier alpha value is -2.37. The largest absolute Gasteiger partial charge is 0.398 e. The number of rotatable bonds is 1. The summed E-state index contributed by atoms with van der Waals surface area (Å²) in [6.45, 7) is 0. The first-order chi connectivity index (χ1) is 9.08. The van der Waals surface area contributed by atoms with Gasteiger partial charge in [0.25, 0.3) is 0 Å². The predicted octanol–water partition coefficient (Wildman–Crippen LogP) is -0.0369. The maximum Gasteiger partial charge on any atom is 0.249 e. The summed E-state index contributed by atoms with van der Waals surface area (Å²) >= 11 is 0. The summed E-state index contributed by atoms with van der Waals surface area (Å²) in [6, 6.07) is 4.65. The van der Waals surface area contributed by atoms with Crippen molar-refractivity contribution in [2.75, 3.05) is 10.6 Å². The molecule has 2 heterocycles. The Morgan fingerprint density at radius 3 is 2.79 bits per heavy atom. The first-order valence-corrected chi connectivity index (χ1v) is 6.11. The molecule has 3 amide bonds. The molecule has 0 saturated carbocycles. The number of carbonyl (C=O) groups is 3. The van der Waals surface area contributed by atoms with Gasteiger partial charge in [0.1, 0.15) is 6.04 Å². The molecule has 1 atom stereocenters. The van der Waals surface area contributed by atoms with Crippen molar-refractivity contribution in [2.24, 2.45) is 0 Å². The summed E-state index contributed by atoms with van der Waals surface area (Å²) in [5.41, 5.74) is 7.85. The number of piperidine rings is 1. The van der Waals surface area contributed by atoms with E-state index in [-0.39, 0.29) is 24.7 Å². The molecule has 1 aromatic rings. The third-order valence-electron chi connectivity index (χ3n) is 3.57. The molecule has 3 N–H and O–H groups in total. The van der Waals surface area contributed by atoms with Crippen LogP contribution in [0.5, 0.6) is 0 Å². The van der Waals surface area contributed by atoms with Crippen LogP contribution < -0.4 is 16.0 Å². The van der Waals surface area contributed by atoms with Crippen LogP contribution in [-0.2, 0) is 20.8 Å². The Kier molecular flexibility index (Phi) is 2.51. The van der Waals surface area contributed by atoms with Gasteiger partial charge in [-0.15, -0.1) is 0 Å². The first-order valence-electron chi connectivity index (χ1n) is 6.11. The minimum atomic E-state index is -0.617. The minimum absolute atomic E-state index is 0.151.